The van der Waals surface area contributed by atoms with Crippen molar-refractivity contribution in [2.45, 2.75) is 6.18 Å². The van der Waals surface area contributed by atoms with Gasteiger partial charge in [0.1, 0.15) is 18.0 Å². The fraction of sp³-hybridized carbons (Fsp3) is 0.176. The van der Waals surface area contributed by atoms with E-state index < -0.39 is 23.6 Å². The number of hydrogen-bond donors (Lipinski definition) is 1. The number of hydrogen-bond acceptors (Lipinski definition) is 4. The topological polar surface area (TPSA) is 64.6 Å². The highest BCUT2D eigenvalue weighted by atomic mass is 19.4. The molecule has 0 unspecified atom stereocenters. The van der Waals surface area contributed by atoms with Gasteiger partial charge in [0.05, 0.1) is 12.7 Å². The van der Waals surface area contributed by atoms with Crippen LogP contribution in [0, 0.1) is 0 Å². The van der Waals surface area contributed by atoms with Gasteiger partial charge in [-0.15, -0.1) is 0 Å². The van der Waals surface area contributed by atoms with Gasteiger partial charge in [-0.05, 0) is 36.4 Å². The molecule has 0 aromatic heterocycles. The Kier molecular flexibility index (Phi) is 5.63. The lowest BCUT2D eigenvalue weighted by atomic mass is 10.2. The molecule has 0 bridgehead atoms. The first kappa shape index (κ1) is 18.3. The van der Waals surface area contributed by atoms with Crippen LogP contribution in [-0.4, -0.2) is 25.5 Å². The van der Waals surface area contributed by atoms with E-state index in [-0.39, 0.29) is 23.6 Å². The first-order valence-electron chi connectivity index (χ1n) is 7.10. The summed E-state index contributed by atoms with van der Waals surface area (Å²) in [4.78, 5) is 22.9. The Morgan fingerprint density at radius 3 is 2.32 bits per heavy atom. The monoisotopic (exact) mass is 353 g/mol. The number of methoxy groups -OCH3 is 1. The fourth-order valence-corrected chi connectivity index (χ4v) is 1.90. The van der Waals surface area contributed by atoms with Crippen molar-refractivity contribution in [3.05, 3.63) is 59.7 Å². The minimum Gasteiger partial charge on any atom is -0.468 e. The smallest absolute Gasteiger partial charge is 0.416 e. The normalized spacial score (nSPS) is 10.9. The van der Waals surface area contributed by atoms with E-state index in [2.05, 4.69) is 10.1 Å². The Morgan fingerprint density at radius 1 is 1.04 bits per heavy atom. The van der Waals surface area contributed by atoms with Crippen molar-refractivity contribution in [2.24, 2.45) is 0 Å². The molecule has 0 atom stereocenters. The lowest BCUT2D eigenvalue weighted by Gasteiger charge is -2.11. The molecule has 5 nitrogen and oxygen atoms in total. The van der Waals surface area contributed by atoms with Crippen molar-refractivity contribution in [2.75, 3.05) is 13.7 Å². The van der Waals surface area contributed by atoms with Gasteiger partial charge in [-0.3, -0.25) is 9.59 Å². The third-order valence-corrected chi connectivity index (χ3v) is 3.11. The first-order chi connectivity index (χ1) is 11.8. The van der Waals surface area contributed by atoms with E-state index in [1.165, 1.54) is 43.5 Å². The largest absolute Gasteiger partial charge is 0.468 e. The van der Waals surface area contributed by atoms with Gasteiger partial charge >= 0.3 is 12.1 Å². The SMILES string of the molecule is COC(=O)CNC(=O)c1cccc(Oc2cccc(C(F)(F)F)c2)c1. The van der Waals surface area contributed by atoms with E-state index in [9.17, 15) is 22.8 Å². The van der Waals surface area contributed by atoms with Crippen LogP contribution >= 0.6 is 0 Å². The summed E-state index contributed by atoms with van der Waals surface area (Å²) in [5.41, 5.74) is -0.648. The number of amides is 1. The lowest BCUT2D eigenvalue weighted by molar-refractivity contribution is -0.139. The molecule has 0 aliphatic heterocycles. The molecule has 25 heavy (non-hydrogen) atoms. The molecule has 2 rings (SSSR count). The third kappa shape index (κ3) is 5.23. The molecule has 1 amide bonds. The van der Waals surface area contributed by atoms with E-state index in [4.69, 9.17) is 4.74 Å². The summed E-state index contributed by atoms with van der Waals surface area (Å²) in [5, 5.41) is 2.35. The number of ether oxygens (including phenoxy) is 2. The summed E-state index contributed by atoms with van der Waals surface area (Å²) < 4.78 is 47.9. The Hall–Kier alpha value is -3.03. The molecule has 0 heterocycles. The van der Waals surface area contributed by atoms with E-state index >= 15 is 0 Å². The molecular weight excluding hydrogens is 339 g/mol. The zero-order valence-corrected chi connectivity index (χ0v) is 13.1. The van der Waals surface area contributed by atoms with Crippen molar-refractivity contribution in [3.63, 3.8) is 0 Å². The van der Waals surface area contributed by atoms with Gasteiger partial charge in [0.15, 0.2) is 0 Å². The van der Waals surface area contributed by atoms with Crippen LogP contribution in [0.3, 0.4) is 0 Å². The second kappa shape index (κ2) is 7.69. The second-order valence-corrected chi connectivity index (χ2v) is 4.91. The van der Waals surface area contributed by atoms with Gasteiger partial charge in [0, 0.05) is 5.56 Å². The predicted octanol–water partition coefficient (Wildman–Crippen LogP) is 3.40. The molecular formula is C17H14F3NO4. The number of halogens is 3. The van der Waals surface area contributed by atoms with E-state index in [0.29, 0.717) is 0 Å². The molecule has 0 aliphatic rings. The summed E-state index contributed by atoms with van der Waals surface area (Å²) in [6.45, 7) is -0.298. The van der Waals surface area contributed by atoms with Crippen molar-refractivity contribution < 1.29 is 32.2 Å². The molecule has 2 aromatic carbocycles. The zero-order chi connectivity index (χ0) is 18.4. The van der Waals surface area contributed by atoms with Crippen molar-refractivity contribution in [1.29, 1.82) is 0 Å². The van der Waals surface area contributed by atoms with Gasteiger partial charge in [-0.2, -0.15) is 13.2 Å². The van der Waals surface area contributed by atoms with Gasteiger partial charge in [-0.1, -0.05) is 12.1 Å². The van der Waals surface area contributed by atoms with Gasteiger partial charge < -0.3 is 14.8 Å². The van der Waals surface area contributed by atoms with Crippen LogP contribution in [0.4, 0.5) is 13.2 Å². The molecule has 1 N–H and O–H groups in total. The highest BCUT2D eigenvalue weighted by molar-refractivity contribution is 5.96. The quantitative estimate of drug-likeness (QED) is 0.837. The van der Waals surface area contributed by atoms with Crippen LogP contribution in [0.2, 0.25) is 0 Å². The van der Waals surface area contributed by atoms with Crippen molar-refractivity contribution in [3.8, 4) is 11.5 Å². The summed E-state index contributed by atoms with van der Waals surface area (Å²) in [7, 11) is 1.19. The van der Waals surface area contributed by atoms with Crippen LogP contribution in [0.1, 0.15) is 15.9 Å². The van der Waals surface area contributed by atoms with Crippen molar-refractivity contribution in [1.82, 2.24) is 5.32 Å². The average Bonchev–Trinajstić information content (AvgIpc) is 2.59. The molecule has 0 fully saturated rings. The first-order valence-corrected chi connectivity index (χ1v) is 7.10. The molecule has 0 aliphatic carbocycles. The Bertz CT molecular complexity index is 774. The van der Waals surface area contributed by atoms with Gasteiger partial charge in [0.25, 0.3) is 5.91 Å². The van der Waals surface area contributed by atoms with Crippen LogP contribution in [0.25, 0.3) is 0 Å². The average molecular weight is 353 g/mol. The maximum absolute atomic E-state index is 12.7. The van der Waals surface area contributed by atoms with Gasteiger partial charge in [0.2, 0.25) is 0 Å². The summed E-state index contributed by atoms with van der Waals surface area (Å²) >= 11 is 0. The molecule has 2 aromatic rings. The Morgan fingerprint density at radius 2 is 1.68 bits per heavy atom. The Balaban J connectivity index is 2.11. The Labute approximate surface area is 141 Å². The van der Waals surface area contributed by atoms with E-state index in [1.54, 1.807) is 0 Å². The van der Waals surface area contributed by atoms with Crippen LogP contribution in [0.5, 0.6) is 11.5 Å². The van der Waals surface area contributed by atoms with Crippen LogP contribution in [-0.2, 0) is 15.7 Å². The third-order valence-electron chi connectivity index (χ3n) is 3.11. The maximum atomic E-state index is 12.7. The molecule has 132 valence electrons. The molecule has 8 heteroatoms. The standard InChI is InChI=1S/C17H14F3NO4/c1-24-15(22)10-21-16(23)11-4-2-6-13(8-11)25-14-7-3-5-12(9-14)17(18,19)20/h2-9H,10H2,1H3,(H,21,23). The minimum absolute atomic E-state index is 0.0121. The summed E-state index contributed by atoms with van der Waals surface area (Å²) in [6.07, 6.45) is -4.48. The predicted molar refractivity (Wildman–Crippen MR) is 82.3 cm³/mol. The van der Waals surface area contributed by atoms with E-state index in [0.717, 1.165) is 12.1 Å². The number of rotatable bonds is 5. The highest BCUT2D eigenvalue weighted by Crippen LogP contribution is 2.32. The zero-order valence-electron chi connectivity index (χ0n) is 13.1. The second-order valence-electron chi connectivity index (χ2n) is 4.91. The number of benzene rings is 2. The van der Waals surface area contributed by atoms with Crippen LogP contribution < -0.4 is 10.1 Å². The summed E-state index contributed by atoms with van der Waals surface area (Å²) in [5.74, 6) is -0.975. The summed E-state index contributed by atoms with van der Waals surface area (Å²) in [6, 6.07) is 10.2. The number of nitrogens with one attached hydrogen (secondary N) is 1. The number of alkyl halides is 3. The minimum atomic E-state index is -4.48. The van der Waals surface area contributed by atoms with Crippen molar-refractivity contribution >= 4 is 11.9 Å². The number of carbonyl (C=O) groups excluding carboxylic acids is 2. The maximum Gasteiger partial charge on any atom is 0.416 e. The molecule has 0 saturated heterocycles. The lowest BCUT2D eigenvalue weighted by Crippen LogP contribution is -2.30. The molecule has 0 radical (unpaired) electrons. The van der Waals surface area contributed by atoms with Crippen LogP contribution in [0.15, 0.2) is 48.5 Å². The number of esters is 1. The molecule has 0 saturated carbocycles. The highest BCUT2D eigenvalue weighted by Gasteiger charge is 2.30. The fourth-order valence-electron chi connectivity index (χ4n) is 1.90. The van der Waals surface area contributed by atoms with E-state index in [1.807, 2.05) is 0 Å². The van der Waals surface area contributed by atoms with Gasteiger partial charge in [-0.25, -0.2) is 0 Å². The number of carbonyl (C=O) groups is 2. The molecule has 0 spiro atoms.